The predicted octanol–water partition coefficient (Wildman–Crippen LogP) is 2.00. The Kier molecular flexibility index (Phi) is 3.66. The van der Waals surface area contributed by atoms with Gasteiger partial charge in [-0.3, -0.25) is 9.78 Å². The second-order valence-electron chi connectivity index (χ2n) is 3.45. The molecule has 1 N–H and O–H groups in total. The number of nitrogens with one attached hydrogen (secondary N) is 1. The molecule has 0 aromatic carbocycles. The highest BCUT2D eigenvalue weighted by Gasteiger charge is 2.02. The Morgan fingerprint density at radius 3 is 3.00 bits per heavy atom. The quantitative estimate of drug-likeness (QED) is 0.876. The van der Waals surface area contributed by atoms with E-state index in [0.29, 0.717) is 13.0 Å². The number of hydrogen-bond donors (Lipinski definition) is 1. The van der Waals surface area contributed by atoms with E-state index in [1.165, 1.54) is 0 Å². The molecule has 2 rings (SSSR count). The summed E-state index contributed by atoms with van der Waals surface area (Å²) in [6, 6.07) is 5.74. The third kappa shape index (κ3) is 3.17. The molecule has 1 amide bonds. The van der Waals surface area contributed by atoms with Gasteiger partial charge in [-0.2, -0.15) is 11.3 Å². The zero-order valence-electron chi connectivity index (χ0n) is 8.72. The van der Waals surface area contributed by atoms with Crippen LogP contribution in [0, 0.1) is 0 Å². The molecule has 0 aliphatic rings. The number of amides is 1. The largest absolute Gasteiger partial charge is 0.352 e. The van der Waals surface area contributed by atoms with E-state index in [4.69, 9.17) is 0 Å². The first kappa shape index (κ1) is 10.8. The molecule has 0 saturated carbocycles. The molecule has 0 aliphatic carbocycles. The smallest absolute Gasteiger partial charge is 0.224 e. The summed E-state index contributed by atoms with van der Waals surface area (Å²) in [5, 5.41) is 6.91. The van der Waals surface area contributed by atoms with Gasteiger partial charge in [0.05, 0.1) is 6.42 Å². The molecule has 82 valence electrons. The van der Waals surface area contributed by atoms with E-state index < -0.39 is 0 Å². The van der Waals surface area contributed by atoms with E-state index in [2.05, 4.69) is 10.3 Å². The fourth-order valence-electron chi connectivity index (χ4n) is 1.34. The Morgan fingerprint density at radius 2 is 2.31 bits per heavy atom. The number of rotatable bonds is 4. The van der Waals surface area contributed by atoms with Gasteiger partial charge in [0.2, 0.25) is 5.91 Å². The van der Waals surface area contributed by atoms with Crippen molar-refractivity contribution in [1.82, 2.24) is 10.3 Å². The van der Waals surface area contributed by atoms with Crippen LogP contribution in [0.4, 0.5) is 0 Å². The number of nitrogens with zero attached hydrogens (tertiary/aromatic N) is 1. The van der Waals surface area contributed by atoms with E-state index in [0.717, 1.165) is 11.1 Å². The first-order valence-electron chi connectivity index (χ1n) is 5.01. The summed E-state index contributed by atoms with van der Waals surface area (Å²) in [6.07, 6.45) is 3.80. The van der Waals surface area contributed by atoms with Crippen LogP contribution in [-0.2, 0) is 17.8 Å². The summed E-state index contributed by atoms with van der Waals surface area (Å²) in [4.78, 5) is 15.5. The van der Waals surface area contributed by atoms with Crippen LogP contribution >= 0.6 is 11.3 Å². The van der Waals surface area contributed by atoms with Crippen molar-refractivity contribution in [3.63, 3.8) is 0 Å². The normalized spacial score (nSPS) is 10.0. The highest BCUT2D eigenvalue weighted by atomic mass is 32.1. The molecule has 0 aliphatic heterocycles. The van der Waals surface area contributed by atoms with E-state index in [9.17, 15) is 4.79 Å². The topological polar surface area (TPSA) is 42.0 Å². The minimum absolute atomic E-state index is 0.0270. The van der Waals surface area contributed by atoms with E-state index >= 15 is 0 Å². The minimum atomic E-state index is 0.0270. The van der Waals surface area contributed by atoms with E-state index in [1.54, 1.807) is 23.7 Å². The number of carbonyl (C=O) groups is 1. The van der Waals surface area contributed by atoms with Crippen molar-refractivity contribution in [1.29, 1.82) is 0 Å². The van der Waals surface area contributed by atoms with Gasteiger partial charge in [0.25, 0.3) is 0 Å². The van der Waals surface area contributed by atoms with Gasteiger partial charge in [0, 0.05) is 18.9 Å². The summed E-state index contributed by atoms with van der Waals surface area (Å²) >= 11 is 1.63. The van der Waals surface area contributed by atoms with Crippen molar-refractivity contribution >= 4 is 17.2 Å². The molecule has 0 atom stereocenters. The lowest BCUT2D eigenvalue weighted by atomic mass is 10.2. The third-order valence-corrected chi connectivity index (χ3v) is 2.89. The average Bonchev–Trinajstić information content (AvgIpc) is 2.81. The Hall–Kier alpha value is -1.68. The van der Waals surface area contributed by atoms with Gasteiger partial charge in [0.1, 0.15) is 0 Å². The average molecular weight is 232 g/mol. The molecule has 4 heteroatoms. The van der Waals surface area contributed by atoms with Crippen molar-refractivity contribution in [3.05, 3.63) is 52.5 Å². The van der Waals surface area contributed by atoms with Crippen molar-refractivity contribution in [2.45, 2.75) is 13.0 Å². The van der Waals surface area contributed by atoms with Crippen LogP contribution in [0.15, 0.2) is 41.4 Å². The summed E-state index contributed by atoms with van der Waals surface area (Å²) in [6.45, 7) is 0.600. The van der Waals surface area contributed by atoms with Crippen molar-refractivity contribution in [2.24, 2.45) is 0 Å². The fourth-order valence-corrected chi connectivity index (χ4v) is 2.01. The second kappa shape index (κ2) is 5.42. The molecular weight excluding hydrogens is 220 g/mol. The molecule has 0 fully saturated rings. The highest BCUT2D eigenvalue weighted by Crippen LogP contribution is 2.05. The predicted molar refractivity (Wildman–Crippen MR) is 64.1 cm³/mol. The lowest BCUT2D eigenvalue weighted by Gasteiger charge is -2.03. The minimum Gasteiger partial charge on any atom is -0.352 e. The van der Waals surface area contributed by atoms with Gasteiger partial charge < -0.3 is 5.32 Å². The zero-order chi connectivity index (χ0) is 11.2. The number of pyridine rings is 1. The molecule has 0 unspecified atom stereocenters. The standard InChI is InChI=1S/C12H12N2OS/c15-12(6-10-2-1-4-13-7-10)14-8-11-3-5-16-9-11/h1-5,7,9H,6,8H2,(H,14,15). The Labute approximate surface area is 98.2 Å². The van der Waals surface area contributed by atoms with E-state index in [1.807, 2.05) is 29.0 Å². The first-order valence-corrected chi connectivity index (χ1v) is 5.95. The van der Waals surface area contributed by atoms with Crippen LogP contribution in [0.25, 0.3) is 0 Å². The molecule has 2 aromatic rings. The van der Waals surface area contributed by atoms with Crippen LogP contribution in [0.3, 0.4) is 0 Å². The summed E-state index contributed by atoms with van der Waals surface area (Å²) in [5.41, 5.74) is 2.08. The monoisotopic (exact) mass is 232 g/mol. The van der Waals surface area contributed by atoms with Crippen LogP contribution in [0.1, 0.15) is 11.1 Å². The summed E-state index contributed by atoms with van der Waals surface area (Å²) in [7, 11) is 0. The SMILES string of the molecule is O=C(Cc1cccnc1)NCc1ccsc1. The van der Waals surface area contributed by atoms with Crippen molar-refractivity contribution < 1.29 is 4.79 Å². The van der Waals surface area contributed by atoms with Crippen molar-refractivity contribution in [2.75, 3.05) is 0 Å². The molecule has 0 spiro atoms. The molecule has 3 nitrogen and oxygen atoms in total. The van der Waals surface area contributed by atoms with Gasteiger partial charge in [-0.15, -0.1) is 0 Å². The number of aromatic nitrogens is 1. The molecule has 16 heavy (non-hydrogen) atoms. The molecule has 2 aromatic heterocycles. The number of thiophene rings is 1. The maximum absolute atomic E-state index is 11.6. The molecular formula is C12H12N2OS. The molecule has 0 saturated heterocycles. The Balaban J connectivity index is 1.81. The third-order valence-electron chi connectivity index (χ3n) is 2.16. The lowest BCUT2D eigenvalue weighted by molar-refractivity contribution is -0.120. The van der Waals surface area contributed by atoms with Crippen LogP contribution < -0.4 is 5.32 Å². The second-order valence-corrected chi connectivity index (χ2v) is 4.23. The molecule has 0 bridgehead atoms. The van der Waals surface area contributed by atoms with Gasteiger partial charge in [-0.25, -0.2) is 0 Å². The summed E-state index contributed by atoms with van der Waals surface area (Å²) in [5.74, 6) is 0.0270. The van der Waals surface area contributed by atoms with Crippen LogP contribution in [-0.4, -0.2) is 10.9 Å². The Morgan fingerprint density at radius 1 is 1.38 bits per heavy atom. The number of carbonyl (C=O) groups excluding carboxylic acids is 1. The molecule has 2 heterocycles. The summed E-state index contributed by atoms with van der Waals surface area (Å²) < 4.78 is 0. The van der Waals surface area contributed by atoms with Gasteiger partial charge in [-0.05, 0) is 34.0 Å². The Bertz CT molecular complexity index is 439. The highest BCUT2D eigenvalue weighted by molar-refractivity contribution is 7.07. The zero-order valence-corrected chi connectivity index (χ0v) is 9.54. The lowest BCUT2D eigenvalue weighted by Crippen LogP contribution is -2.24. The maximum Gasteiger partial charge on any atom is 0.224 e. The van der Waals surface area contributed by atoms with Crippen LogP contribution in [0.5, 0.6) is 0 Å². The van der Waals surface area contributed by atoms with Crippen molar-refractivity contribution in [3.8, 4) is 0 Å². The van der Waals surface area contributed by atoms with Gasteiger partial charge in [-0.1, -0.05) is 6.07 Å². The van der Waals surface area contributed by atoms with Crippen LogP contribution in [0.2, 0.25) is 0 Å². The van der Waals surface area contributed by atoms with Gasteiger partial charge in [0.15, 0.2) is 0 Å². The maximum atomic E-state index is 11.6. The van der Waals surface area contributed by atoms with E-state index in [-0.39, 0.29) is 5.91 Å². The molecule has 0 radical (unpaired) electrons. The van der Waals surface area contributed by atoms with Gasteiger partial charge >= 0.3 is 0 Å². The first-order chi connectivity index (χ1) is 7.84. The number of hydrogen-bond acceptors (Lipinski definition) is 3. The fraction of sp³-hybridized carbons (Fsp3) is 0.167.